The molecule has 4 nitrogen and oxygen atoms in total. The van der Waals surface area contributed by atoms with Crippen molar-refractivity contribution in [2.24, 2.45) is 0 Å². The molecule has 0 aliphatic carbocycles. The van der Waals surface area contributed by atoms with E-state index in [1.807, 2.05) is 13.1 Å². The lowest BCUT2D eigenvalue weighted by Gasteiger charge is -2.24. The van der Waals surface area contributed by atoms with Crippen LogP contribution in [-0.2, 0) is 6.54 Å². The van der Waals surface area contributed by atoms with Crippen molar-refractivity contribution >= 4 is 43.1 Å². The number of nitrogens with zero attached hydrogens (tertiary/aromatic N) is 2. The summed E-state index contributed by atoms with van der Waals surface area (Å²) < 4.78 is 8.76. The Balaban J connectivity index is 1.93. The van der Waals surface area contributed by atoms with Crippen molar-refractivity contribution in [1.29, 1.82) is 5.26 Å². The molecule has 168 valence electrons. The van der Waals surface area contributed by atoms with E-state index in [0.717, 1.165) is 51.8 Å². The topological polar surface area (TPSA) is 52.2 Å². The van der Waals surface area contributed by atoms with Crippen LogP contribution in [0.5, 0.6) is 0 Å². The number of furan rings is 1. The van der Waals surface area contributed by atoms with Crippen molar-refractivity contribution in [2.45, 2.75) is 19.4 Å². The zero-order valence-corrected chi connectivity index (χ0v) is 20.9. The van der Waals surface area contributed by atoms with Gasteiger partial charge in [0.1, 0.15) is 11.3 Å². The second-order valence-corrected chi connectivity index (χ2v) is 9.31. The summed E-state index contributed by atoms with van der Waals surface area (Å²) in [6.45, 7) is 1.51. The van der Waals surface area contributed by atoms with Gasteiger partial charge in [-0.15, -0.1) is 9.24 Å². The van der Waals surface area contributed by atoms with Gasteiger partial charge in [0, 0.05) is 53.9 Å². The molecule has 1 heterocycles. The fourth-order valence-electron chi connectivity index (χ4n) is 4.07. The predicted molar refractivity (Wildman–Crippen MR) is 145 cm³/mol. The van der Waals surface area contributed by atoms with Crippen molar-refractivity contribution in [1.82, 2.24) is 5.32 Å². The molecule has 1 N–H and O–H groups in total. The van der Waals surface area contributed by atoms with Crippen molar-refractivity contribution in [2.75, 3.05) is 24.2 Å². The lowest BCUT2D eigenvalue weighted by molar-refractivity contribution is 0.624. The maximum atomic E-state index is 9.01. The SMILES string of the molecule is CNCc1c(-c2ccc(P)cc2)oc2cc(N(CCCC#N)SC)c(-c3ccccc3)cc12. The van der Waals surface area contributed by atoms with E-state index in [1.165, 1.54) is 11.1 Å². The number of rotatable bonds is 9. The van der Waals surface area contributed by atoms with Crippen LogP contribution in [0.2, 0.25) is 0 Å². The number of unbranched alkanes of at least 4 members (excludes halogenated alkanes) is 1. The molecule has 1 unspecified atom stereocenters. The van der Waals surface area contributed by atoms with Gasteiger partial charge in [0.2, 0.25) is 0 Å². The molecule has 33 heavy (non-hydrogen) atoms. The lowest BCUT2D eigenvalue weighted by Crippen LogP contribution is -2.16. The quantitative estimate of drug-likeness (QED) is 0.174. The lowest BCUT2D eigenvalue weighted by atomic mass is 9.98. The molecule has 0 bridgehead atoms. The monoisotopic (exact) mass is 473 g/mol. The van der Waals surface area contributed by atoms with E-state index in [2.05, 4.69) is 91.9 Å². The summed E-state index contributed by atoms with van der Waals surface area (Å²) in [6, 6.07) is 25.5. The summed E-state index contributed by atoms with van der Waals surface area (Å²) >= 11 is 1.68. The molecule has 3 aromatic carbocycles. The van der Waals surface area contributed by atoms with E-state index in [9.17, 15) is 0 Å². The molecule has 0 aliphatic rings. The average molecular weight is 474 g/mol. The summed E-state index contributed by atoms with van der Waals surface area (Å²) in [5.41, 5.74) is 6.54. The molecule has 1 aromatic heterocycles. The molecular weight excluding hydrogens is 445 g/mol. The van der Waals surface area contributed by atoms with Crippen LogP contribution >= 0.6 is 21.2 Å². The number of hydrogen-bond donors (Lipinski definition) is 1. The van der Waals surface area contributed by atoms with Crippen LogP contribution in [0.25, 0.3) is 33.4 Å². The summed E-state index contributed by atoms with van der Waals surface area (Å²) in [7, 11) is 4.70. The summed E-state index contributed by atoms with van der Waals surface area (Å²) in [4.78, 5) is 0. The Morgan fingerprint density at radius 1 is 1.06 bits per heavy atom. The standard InChI is InChI=1S/C27H28N3OPS/c1-29-18-24-23-16-22(19-8-4-3-5-9-19)25(30(33-2)15-7-6-14-28)17-26(23)31-27(24)20-10-12-21(32)13-11-20/h3-5,8-13,16-17,29H,6-7,15,18,32H2,1-2H3. The molecule has 4 aromatic rings. The first-order chi connectivity index (χ1) is 16.2. The molecule has 0 aliphatic heterocycles. The molecule has 0 saturated heterocycles. The van der Waals surface area contributed by atoms with Crippen molar-refractivity contribution < 1.29 is 4.42 Å². The Bertz CT molecular complexity index is 1260. The van der Waals surface area contributed by atoms with E-state index in [1.54, 1.807) is 11.9 Å². The maximum Gasteiger partial charge on any atom is 0.139 e. The Hall–Kier alpha value is -2.77. The first-order valence-electron chi connectivity index (χ1n) is 11.0. The molecule has 0 spiro atoms. The van der Waals surface area contributed by atoms with Gasteiger partial charge in [0.15, 0.2) is 0 Å². The summed E-state index contributed by atoms with van der Waals surface area (Å²) in [6.07, 6.45) is 3.44. The Morgan fingerprint density at radius 2 is 1.82 bits per heavy atom. The van der Waals surface area contributed by atoms with E-state index in [-0.39, 0.29) is 0 Å². The highest BCUT2D eigenvalue weighted by Crippen LogP contribution is 2.42. The third kappa shape index (κ3) is 5.09. The highest BCUT2D eigenvalue weighted by molar-refractivity contribution is 8.00. The molecule has 0 amide bonds. The van der Waals surface area contributed by atoms with Gasteiger partial charge in [-0.25, -0.2) is 0 Å². The second kappa shape index (κ2) is 10.9. The zero-order chi connectivity index (χ0) is 23.2. The minimum Gasteiger partial charge on any atom is -0.456 e. The molecular formula is C27H28N3OPS. The van der Waals surface area contributed by atoms with Crippen molar-refractivity contribution in [3.63, 3.8) is 0 Å². The number of benzene rings is 3. The van der Waals surface area contributed by atoms with Crippen molar-refractivity contribution in [3.8, 4) is 28.5 Å². The minimum absolute atomic E-state index is 0.545. The highest BCUT2D eigenvalue weighted by Gasteiger charge is 2.21. The van der Waals surface area contributed by atoms with Gasteiger partial charge in [-0.3, -0.25) is 0 Å². The van der Waals surface area contributed by atoms with Crippen LogP contribution in [0.15, 0.2) is 71.1 Å². The largest absolute Gasteiger partial charge is 0.456 e. The van der Waals surface area contributed by atoms with Crippen LogP contribution in [-0.4, -0.2) is 19.8 Å². The molecule has 4 rings (SSSR count). The normalized spacial score (nSPS) is 11.0. The average Bonchev–Trinajstić information content (AvgIpc) is 3.20. The highest BCUT2D eigenvalue weighted by atomic mass is 32.2. The first-order valence-corrected chi connectivity index (χ1v) is 12.8. The maximum absolute atomic E-state index is 9.01. The fourth-order valence-corrected chi connectivity index (χ4v) is 4.92. The molecule has 0 saturated carbocycles. The second-order valence-electron chi connectivity index (χ2n) is 7.84. The minimum atomic E-state index is 0.545. The number of hydrogen-bond acceptors (Lipinski definition) is 5. The van der Waals surface area contributed by atoms with Gasteiger partial charge in [0.05, 0.1) is 11.8 Å². The first kappa shape index (κ1) is 23.4. The van der Waals surface area contributed by atoms with E-state index >= 15 is 0 Å². The summed E-state index contributed by atoms with van der Waals surface area (Å²) in [5, 5.41) is 14.6. The van der Waals surface area contributed by atoms with Crippen LogP contribution in [0.1, 0.15) is 18.4 Å². The van der Waals surface area contributed by atoms with E-state index in [4.69, 9.17) is 9.68 Å². The predicted octanol–water partition coefficient (Wildman–Crippen LogP) is 6.37. The van der Waals surface area contributed by atoms with Crippen LogP contribution in [0.4, 0.5) is 5.69 Å². The molecule has 0 radical (unpaired) electrons. The molecule has 6 heteroatoms. The molecule has 0 fully saturated rings. The third-order valence-corrected chi connectivity index (χ3v) is 6.86. The third-order valence-electron chi connectivity index (χ3n) is 5.66. The Kier molecular flexibility index (Phi) is 7.73. The fraction of sp³-hybridized carbons (Fsp3) is 0.222. The number of nitrogens with one attached hydrogen (secondary N) is 1. The van der Waals surface area contributed by atoms with E-state index in [0.29, 0.717) is 13.0 Å². The Labute approximate surface area is 202 Å². The number of fused-ring (bicyclic) bond motifs is 1. The number of nitriles is 1. The van der Waals surface area contributed by atoms with Gasteiger partial charge in [-0.2, -0.15) is 5.26 Å². The van der Waals surface area contributed by atoms with Gasteiger partial charge < -0.3 is 14.0 Å². The van der Waals surface area contributed by atoms with Gasteiger partial charge >= 0.3 is 0 Å². The van der Waals surface area contributed by atoms with Crippen LogP contribution in [0.3, 0.4) is 0 Å². The van der Waals surface area contributed by atoms with Crippen LogP contribution < -0.4 is 14.9 Å². The van der Waals surface area contributed by atoms with Gasteiger partial charge in [-0.1, -0.05) is 66.5 Å². The zero-order valence-electron chi connectivity index (χ0n) is 19.0. The van der Waals surface area contributed by atoms with Crippen LogP contribution in [0, 0.1) is 11.3 Å². The van der Waals surface area contributed by atoms with Gasteiger partial charge in [0.25, 0.3) is 0 Å². The van der Waals surface area contributed by atoms with E-state index < -0.39 is 0 Å². The Morgan fingerprint density at radius 3 is 2.48 bits per heavy atom. The van der Waals surface area contributed by atoms with Crippen molar-refractivity contribution in [3.05, 3.63) is 72.3 Å². The number of anilines is 1. The summed E-state index contributed by atoms with van der Waals surface area (Å²) in [5.74, 6) is 0.903. The van der Waals surface area contributed by atoms with Gasteiger partial charge in [-0.05, 0) is 30.4 Å². The molecule has 1 atom stereocenters. The smallest absolute Gasteiger partial charge is 0.139 e.